The number of para-hydroxylation sites is 1. The van der Waals surface area contributed by atoms with Crippen LogP contribution in [0.25, 0.3) is 10.2 Å². The van der Waals surface area contributed by atoms with Crippen LogP contribution in [0.2, 0.25) is 0 Å². The molecular weight excluding hydrogens is 308 g/mol. The summed E-state index contributed by atoms with van der Waals surface area (Å²) < 4.78 is 6.83. The number of hydrogen-bond donors (Lipinski definition) is 0. The van der Waals surface area contributed by atoms with Gasteiger partial charge in [-0.2, -0.15) is 0 Å². The third-order valence-corrected chi connectivity index (χ3v) is 6.19. The van der Waals surface area contributed by atoms with E-state index in [1.807, 2.05) is 6.07 Å². The summed E-state index contributed by atoms with van der Waals surface area (Å²) in [5.41, 5.74) is 1.33. The van der Waals surface area contributed by atoms with E-state index in [1.165, 1.54) is 9.71 Å². The zero-order valence-corrected chi connectivity index (χ0v) is 14.1. The van der Waals surface area contributed by atoms with Crippen molar-refractivity contribution < 1.29 is 9.53 Å². The molecule has 2 fully saturated rings. The van der Waals surface area contributed by atoms with Gasteiger partial charge in [-0.05, 0) is 31.4 Å². The molecule has 4 rings (SSSR count). The number of carbonyl (C=O) groups is 1. The van der Waals surface area contributed by atoms with Gasteiger partial charge in [0, 0.05) is 38.0 Å². The molecule has 3 heterocycles. The molecule has 0 aliphatic carbocycles. The van der Waals surface area contributed by atoms with E-state index in [0.717, 1.165) is 57.5 Å². The lowest BCUT2D eigenvalue weighted by molar-refractivity contribution is -0.137. The predicted molar refractivity (Wildman–Crippen MR) is 91.6 cm³/mol. The van der Waals surface area contributed by atoms with E-state index in [2.05, 4.69) is 28.1 Å². The maximum atomic E-state index is 12.2. The monoisotopic (exact) mass is 330 g/mol. The summed E-state index contributed by atoms with van der Waals surface area (Å²) in [6, 6.07) is 8.27. The molecule has 0 saturated carbocycles. The second-order valence-electron chi connectivity index (χ2n) is 6.80. The van der Waals surface area contributed by atoms with Crippen LogP contribution in [0.1, 0.15) is 30.7 Å². The van der Waals surface area contributed by atoms with Gasteiger partial charge in [0.05, 0.1) is 21.8 Å². The number of rotatable bonds is 4. The Morgan fingerprint density at radius 1 is 1.30 bits per heavy atom. The molecule has 5 heteroatoms. The second kappa shape index (κ2) is 6.21. The van der Waals surface area contributed by atoms with Gasteiger partial charge in [0.1, 0.15) is 0 Å². The van der Waals surface area contributed by atoms with Crippen molar-refractivity contribution in [1.29, 1.82) is 0 Å². The van der Waals surface area contributed by atoms with Crippen LogP contribution < -0.4 is 0 Å². The van der Waals surface area contributed by atoms with Crippen LogP contribution in [-0.2, 0) is 16.0 Å². The number of ether oxygens (including phenoxy) is 1. The maximum absolute atomic E-state index is 12.2. The van der Waals surface area contributed by atoms with Gasteiger partial charge in [-0.3, -0.25) is 4.79 Å². The Morgan fingerprint density at radius 2 is 2.22 bits per heavy atom. The molecule has 1 spiro atoms. The number of hydrogen-bond acceptors (Lipinski definition) is 4. The molecule has 1 amide bonds. The van der Waals surface area contributed by atoms with Crippen molar-refractivity contribution in [3.63, 3.8) is 0 Å². The number of fused-ring (bicyclic) bond motifs is 1. The van der Waals surface area contributed by atoms with Crippen molar-refractivity contribution in [1.82, 2.24) is 9.88 Å². The average Bonchev–Trinajstić information content (AvgIpc) is 3.17. The summed E-state index contributed by atoms with van der Waals surface area (Å²) in [5.74, 6) is 0.312. The third kappa shape index (κ3) is 3.12. The average molecular weight is 330 g/mol. The Bertz CT molecular complexity index is 673. The second-order valence-corrected chi connectivity index (χ2v) is 7.91. The number of aromatic nitrogens is 1. The number of carbonyl (C=O) groups excluding carboxylic acids is 1. The molecule has 0 N–H and O–H groups in total. The highest BCUT2D eigenvalue weighted by molar-refractivity contribution is 7.18. The Balaban J connectivity index is 1.35. The van der Waals surface area contributed by atoms with Gasteiger partial charge in [0.25, 0.3) is 0 Å². The fraction of sp³-hybridized carbons (Fsp3) is 0.556. The van der Waals surface area contributed by atoms with Crippen LogP contribution in [0.4, 0.5) is 0 Å². The highest BCUT2D eigenvalue weighted by atomic mass is 32.1. The number of piperidine rings is 1. The molecule has 1 aromatic heterocycles. The number of benzene rings is 1. The SMILES string of the molecule is O=C1CC[C@]2(CCOC2)CN1CCCc1nc2ccccc2s1. The van der Waals surface area contributed by atoms with Gasteiger partial charge in [-0.15, -0.1) is 11.3 Å². The van der Waals surface area contributed by atoms with E-state index in [9.17, 15) is 4.79 Å². The lowest BCUT2D eigenvalue weighted by atomic mass is 9.79. The number of thiazole rings is 1. The number of likely N-dealkylation sites (tertiary alicyclic amines) is 1. The normalized spacial score (nSPS) is 24.9. The molecule has 1 atom stereocenters. The fourth-order valence-corrected chi connectivity index (χ4v) is 4.73. The summed E-state index contributed by atoms with van der Waals surface area (Å²) in [4.78, 5) is 18.9. The highest BCUT2D eigenvalue weighted by Gasteiger charge is 2.41. The zero-order valence-electron chi connectivity index (χ0n) is 13.3. The molecular formula is C18H22N2O2S. The standard InChI is InChI=1S/C18H22N2O2S/c21-17-7-8-18(9-11-22-13-18)12-20(17)10-3-6-16-19-14-4-1-2-5-15(14)23-16/h1-2,4-5H,3,6-13H2/t18-/m0/s1. The topological polar surface area (TPSA) is 42.4 Å². The van der Waals surface area contributed by atoms with Gasteiger partial charge in [-0.25, -0.2) is 4.98 Å². The highest BCUT2D eigenvalue weighted by Crippen LogP contribution is 2.38. The van der Waals surface area contributed by atoms with Gasteiger partial charge in [0.2, 0.25) is 5.91 Å². The smallest absolute Gasteiger partial charge is 0.222 e. The number of aryl methyl sites for hydroxylation is 1. The molecule has 2 aliphatic heterocycles. The van der Waals surface area contributed by atoms with Crippen molar-refractivity contribution >= 4 is 27.5 Å². The molecule has 2 saturated heterocycles. The molecule has 0 bridgehead atoms. The summed E-state index contributed by atoms with van der Waals surface area (Å²) in [5, 5.41) is 1.18. The molecule has 2 aromatic rings. The quantitative estimate of drug-likeness (QED) is 0.864. The molecule has 2 aliphatic rings. The molecule has 4 nitrogen and oxygen atoms in total. The first-order chi connectivity index (χ1) is 11.2. The summed E-state index contributed by atoms with van der Waals surface area (Å²) >= 11 is 1.77. The van der Waals surface area contributed by atoms with Crippen molar-refractivity contribution in [3.8, 4) is 0 Å². The van der Waals surface area contributed by atoms with Crippen LogP contribution in [0.3, 0.4) is 0 Å². The van der Waals surface area contributed by atoms with E-state index >= 15 is 0 Å². The third-order valence-electron chi connectivity index (χ3n) is 5.09. The zero-order chi connectivity index (χ0) is 15.7. The molecule has 0 radical (unpaired) electrons. The molecule has 23 heavy (non-hydrogen) atoms. The van der Waals surface area contributed by atoms with Gasteiger partial charge >= 0.3 is 0 Å². The minimum atomic E-state index is 0.240. The Labute approximate surface area is 140 Å². The minimum Gasteiger partial charge on any atom is -0.381 e. The number of amides is 1. The minimum absolute atomic E-state index is 0.240. The van der Waals surface area contributed by atoms with Crippen LogP contribution in [0.15, 0.2) is 24.3 Å². The molecule has 0 unspecified atom stereocenters. The summed E-state index contributed by atoms with van der Waals surface area (Å²) in [7, 11) is 0. The van der Waals surface area contributed by atoms with E-state index in [1.54, 1.807) is 11.3 Å². The largest absolute Gasteiger partial charge is 0.381 e. The first kappa shape index (κ1) is 15.1. The van der Waals surface area contributed by atoms with E-state index in [-0.39, 0.29) is 5.41 Å². The maximum Gasteiger partial charge on any atom is 0.222 e. The lowest BCUT2D eigenvalue weighted by Crippen LogP contribution is -2.47. The van der Waals surface area contributed by atoms with E-state index in [4.69, 9.17) is 4.74 Å². The van der Waals surface area contributed by atoms with Crippen LogP contribution in [-0.4, -0.2) is 42.1 Å². The Kier molecular flexibility index (Phi) is 4.07. The van der Waals surface area contributed by atoms with Gasteiger partial charge in [-0.1, -0.05) is 12.1 Å². The lowest BCUT2D eigenvalue weighted by Gasteiger charge is -2.39. The van der Waals surface area contributed by atoms with Crippen molar-refractivity contribution in [3.05, 3.63) is 29.3 Å². The van der Waals surface area contributed by atoms with Crippen LogP contribution >= 0.6 is 11.3 Å². The van der Waals surface area contributed by atoms with Crippen LogP contribution in [0, 0.1) is 5.41 Å². The van der Waals surface area contributed by atoms with Crippen molar-refractivity contribution in [2.75, 3.05) is 26.3 Å². The van der Waals surface area contributed by atoms with Crippen LogP contribution in [0.5, 0.6) is 0 Å². The van der Waals surface area contributed by atoms with Gasteiger partial charge < -0.3 is 9.64 Å². The van der Waals surface area contributed by atoms with E-state index < -0.39 is 0 Å². The predicted octanol–water partition coefficient (Wildman–Crippen LogP) is 3.26. The summed E-state index contributed by atoms with van der Waals surface area (Å²) in [6.45, 7) is 3.41. The Morgan fingerprint density at radius 3 is 3.04 bits per heavy atom. The van der Waals surface area contributed by atoms with Crippen molar-refractivity contribution in [2.24, 2.45) is 5.41 Å². The first-order valence-electron chi connectivity index (χ1n) is 8.44. The molecule has 122 valence electrons. The van der Waals surface area contributed by atoms with Gasteiger partial charge in [0.15, 0.2) is 0 Å². The van der Waals surface area contributed by atoms with Crippen molar-refractivity contribution in [2.45, 2.75) is 32.1 Å². The molecule has 1 aromatic carbocycles. The fourth-order valence-electron chi connectivity index (χ4n) is 3.73. The number of nitrogens with zero attached hydrogens (tertiary/aromatic N) is 2. The summed E-state index contributed by atoms with van der Waals surface area (Å²) in [6.07, 6.45) is 4.73. The van der Waals surface area contributed by atoms with E-state index in [0.29, 0.717) is 12.3 Å². The Hall–Kier alpha value is -1.46. The first-order valence-corrected chi connectivity index (χ1v) is 9.26.